The summed E-state index contributed by atoms with van der Waals surface area (Å²) in [5, 5.41) is 3.73. The molecular formula is C23H26N2O2S. The molecule has 2 fully saturated rings. The molecule has 0 radical (unpaired) electrons. The largest absolute Gasteiger partial charge is 0.338 e. The van der Waals surface area contributed by atoms with Crippen LogP contribution in [0, 0.1) is 0 Å². The zero-order chi connectivity index (χ0) is 19.3. The third kappa shape index (κ3) is 4.58. The van der Waals surface area contributed by atoms with E-state index in [2.05, 4.69) is 11.4 Å². The van der Waals surface area contributed by atoms with Crippen LogP contribution in [-0.4, -0.2) is 28.5 Å². The Bertz CT molecular complexity index is 844. The molecule has 0 bridgehead atoms. The molecule has 1 heterocycles. The highest BCUT2D eigenvalue weighted by molar-refractivity contribution is 8.00. The standard InChI is InChI=1S/C23H26N2O2S/c26-22-10-5-15-25(22)16-17-11-13-18(14-12-17)23(27)24-20-8-3-4-9-21(20)28-19-6-1-2-7-19/h3-4,8-9,11-14,19H,1-2,5-7,10,15-16H2,(H,24,27). The fourth-order valence-corrected chi connectivity index (χ4v) is 5.24. The van der Waals surface area contributed by atoms with Gasteiger partial charge in [-0.3, -0.25) is 9.59 Å². The molecule has 146 valence electrons. The molecule has 1 aliphatic carbocycles. The van der Waals surface area contributed by atoms with E-state index in [0.717, 1.165) is 29.1 Å². The Kier molecular flexibility index (Phi) is 6.01. The average molecular weight is 395 g/mol. The molecule has 4 rings (SSSR count). The topological polar surface area (TPSA) is 49.4 Å². The summed E-state index contributed by atoms with van der Waals surface area (Å²) in [5.74, 6) is 0.126. The van der Waals surface area contributed by atoms with Crippen molar-refractivity contribution in [1.29, 1.82) is 0 Å². The van der Waals surface area contributed by atoms with E-state index in [1.54, 1.807) is 0 Å². The summed E-state index contributed by atoms with van der Waals surface area (Å²) in [6.45, 7) is 1.46. The van der Waals surface area contributed by atoms with Crippen LogP contribution in [0.25, 0.3) is 0 Å². The summed E-state index contributed by atoms with van der Waals surface area (Å²) in [6.07, 6.45) is 6.72. The molecule has 0 unspecified atom stereocenters. The monoisotopic (exact) mass is 394 g/mol. The van der Waals surface area contributed by atoms with E-state index in [4.69, 9.17) is 0 Å². The van der Waals surface area contributed by atoms with Crippen molar-refractivity contribution >= 4 is 29.3 Å². The first-order valence-electron chi connectivity index (χ1n) is 10.1. The first-order valence-corrected chi connectivity index (χ1v) is 11.0. The van der Waals surface area contributed by atoms with Crippen LogP contribution in [0.2, 0.25) is 0 Å². The number of thioether (sulfide) groups is 1. The fourth-order valence-electron chi connectivity index (χ4n) is 3.91. The molecule has 1 N–H and O–H groups in total. The molecule has 1 saturated carbocycles. The lowest BCUT2D eigenvalue weighted by Crippen LogP contribution is -2.23. The first-order chi connectivity index (χ1) is 13.7. The van der Waals surface area contributed by atoms with Crippen molar-refractivity contribution in [3.05, 3.63) is 59.7 Å². The minimum Gasteiger partial charge on any atom is -0.338 e. The number of rotatable bonds is 6. The number of anilines is 1. The van der Waals surface area contributed by atoms with Crippen LogP contribution in [0.4, 0.5) is 5.69 Å². The molecule has 0 atom stereocenters. The second-order valence-corrected chi connectivity index (χ2v) is 8.93. The van der Waals surface area contributed by atoms with Crippen LogP contribution < -0.4 is 5.32 Å². The van der Waals surface area contributed by atoms with Crippen LogP contribution in [0.3, 0.4) is 0 Å². The molecule has 2 aromatic rings. The molecule has 0 aromatic heterocycles. The molecule has 1 saturated heterocycles. The minimum absolute atomic E-state index is 0.0942. The van der Waals surface area contributed by atoms with Crippen molar-refractivity contribution in [2.45, 2.75) is 55.2 Å². The number of benzene rings is 2. The van der Waals surface area contributed by atoms with E-state index in [9.17, 15) is 9.59 Å². The zero-order valence-electron chi connectivity index (χ0n) is 16.0. The molecule has 5 heteroatoms. The predicted octanol–water partition coefficient (Wildman–Crippen LogP) is 5.10. The smallest absolute Gasteiger partial charge is 0.255 e. The Morgan fingerprint density at radius 2 is 1.79 bits per heavy atom. The van der Waals surface area contributed by atoms with E-state index < -0.39 is 0 Å². The highest BCUT2D eigenvalue weighted by Crippen LogP contribution is 2.38. The number of nitrogens with zero attached hydrogens (tertiary/aromatic N) is 1. The number of carbonyl (C=O) groups excluding carboxylic acids is 2. The van der Waals surface area contributed by atoms with Crippen LogP contribution in [0.15, 0.2) is 53.4 Å². The zero-order valence-corrected chi connectivity index (χ0v) is 16.8. The summed E-state index contributed by atoms with van der Waals surface area (Å²) in [4.78, 5) is 27.5. The van der Waals surface area contributed by atoms with Crippen LogP contribution >= 0.6 is 11.8 Å². The lowest BCUT2D eigenvalue weighted by Gasteiger charge is -2.16. The number of nitrogens with one attached hydrogen (secondary N) is 1. The first kappa shape index (κ1) is 19.1. The van der Waals surface area contributed by atoms with Gasteiger partial charge in [-0.15, -0.1) is 11.8 Å². The Hall–Kier alpha value is -2.27. The molecule has 2 amide bonds. The third-order valence-electron chi connectivity index (χ3n) is 5.49. The van der Waals surface area contributed by atoms with Gasteiger partial charge in [-0.25, -0.2) is 0 Å². The molecule has 4 nitrogen and oxygen atoms in total. The van der Waals surface area contributed by atoms with E-state index >= 15 is 0 Å². The molecule has 1 aliphatic heterocycles. The Morgan fingerprint density at radius 3 is 2.50 bits per heavy atom. The lowest BCUT2D eigenvalue weighted by atomic mass is 10.1. The second kappa shape index (κ2) is 8.82. The van der Waals surface area contributed by atoms with Gasteiger partial charge in [0, 0.05) is 35.2 Å². The number of hydrogen-bond acceptors (Lipinski definition) is 3. The van der Waals surface area contributed by atoms with Crippen molar-refractivity contribution < 1.29 is 9.59 Å². The molecule has 28 heavy (non-hydrogen) atoms. The van der Waals surface area contributed by atoms with Gasteiger partial charge in [0.25, 0.3) is 5.91 Å². The van der Waals surface area contributed by atoms with Gasteiger partial charge in [0.2, 0.25) is 5.91 Å². The number of amides is 2. The summed E-state index contributed by atoms with van der Waals surface area (Å²) in [6, 6.07) is 15.6. The maximum absolute atomic E-state index is 12.7. The highest BCUT2D eigenvalue weighted by Gasteiger charge is 2.20. The Labute approximate surface area is 170 Å². The van der Waals surface area contributed by atoms with Gasteiger partial charge in [-0.05, 0) is 49.1 Å². The SMILES string of the molecule is O=C(Nc1ccccc1SC1CCCC1)c1ccc(CN2CCCC2=O)cc1. The van der Waals surface area contributed by atoms with E-state index in [1.807, 2.05) is 59.1 Å². The highest BCUT2D eigenvalue weighted by atomic mass is 32.2. The quantitative estimate of drug-likeness (QED) is 0.742. The fraction of sp³-hybridized carbons (Fsp3) is 0.391. The summed E-state index contributed by atoms with van der Waals surface area (Å²) in [5.41, 5.74) is 2.58. The Balaban J connectivity index is 1.40. The van der Waals surface area contributed by atoms with Crippen molar-refractivity contribution in [1.82, 2.24) is 4.90 Å². The lowest BCUT2D eigenvalue weighted by molar-refractivity contribution is -0.128. The average Bonchev–Trinajstić information content (AvgIpc) is 3.36. The van der Waals surface area contributed by atoms with E-state index in [1.165, 1.54) is 25.7 Å². The van der Waals surface area contributed by atoms with Crippen molar-refractivity contribution in [2.75, 3.05) is 11.9 Å². The predicted molar refractivity (Wildman–Crippen MR) is 114 cm³/mol. The molecule has 2 aromatic carbocycles. The number of para-hydroxylation sites is 1. The van der Waals surface area contributed by atoms with Gasteiger partial charge in [-0.1, -0.05) is 37.1 Å². The molecule has 2 aliphatic rings. The number of hydrogen-bond donors (Lipinski definition) is 1. The van der Waals surface area contributed by atoms with Crippen LogP contribution in [-0.2, 0) is 11.3 Å². The van der Waals surface area contributed by atoms with Gasteiger partial charge >= 0.3 is 0 Å². The van der Waals surface area contributed by atoms with Gasteiger partial charge in [0.1, 0.15) is 0 Å². The van der Waals surface area contributed by atoms with Crippen LogP contribution in [0.5, 0.6) is 0 Å². The van der Waals surface area contributed by atoms with Crippen molar-refractivity contribution in [3.8, 4) is 0 Å². The van der Waals surface area contributed by atoms with Gasteiger partial charge in [0.05, 0.1) is 5.69 Å². The maximum Gasteiger partial charge on any atom is 0.255 e. The summed E-state index contributed by atoms with van der Waals surface area (Å²) >= 11 is 1.88. The van der Waals surface area contributed by atoms with Gasteiger partial charge in [0.15, 0.2) is 0 Å². The minimum atomic E-state index is -0.0942. The maximum atomic E-state index is 12.7. The van der Waals surface area contributed by atoms with Gasteiger partial charge in [-0.2, -0.15) is 0 Å². The van der Waals surface area contributed by atoms with Gasteiger partial charge < -0.3 is 10.2 Å². The van der Waals surface area contributed by atoms with Crippen LogP contribution in [0.1, 0.15) is 54.4 Å². The third-order valence-corrected chi connectivity index (χ3v) is 6.91. The summed E-state index contributed by atoms with van der Waals surface area (Å²) in [7, 11) is 0. The normalized spacial score (nSPS) is 17.3. The molecule has 0 spiro atoms. The second-order valence-electron chi connectivity index (χ2n) is 7.59. The van der Waals surface area contributed by atoms with Crippen molar-refractivity contribution in [2.24, 2.45) is 0 Å². The van der Waals surface area contributed by atoms with Crippen molar-refractivity contribution in [3.63, 3.8) is 0 Å². The van der Waals surface area contributed by atoms with E-state index in [0.29, 0.717) is 23.8 Å². The number of likely N-dealkylation sites (tertiary alicyclic amines) is 1. The summed E-state index contributed by atoms with van der Waals surface area (Å²) < 4.78 is 0. The Morgan fingerprint density at radius 1 is 1.04 bits per heavy atom. The van der Waals surface area contributed by atoms with E-state index in [-0.39, 0.29) is 11.8 Å². The number of carbonyl (C=O) groups is 2. The molecular weight excluding hydrogens is 368 g/mol.